The van der Waals surface area contributed by atoms with E-state index >= 15 is 0 Å². The lowest BCUT2D eigenvalue weighted by atomic mass is 10.1. The van der Waals surface area contributed by atoms with Gasteiger partial charge >= 0.3 is 5.97 Å². The van der Waals surface area contributed by atoms with Gasteiger partial charge in [-0.05, 0) is 37.5 Å². The molecular formula is C16H24N2O5S. The molecule has 24 heavy (non-hydrogen) atoms. The lowest BCUT2D eigenvalue weighted by molar-refractivity contribution is 0.0697. The maximum atomic E-state index is 12.2. The Morgan fingerprint density at radius 1 is 1.42 bits per heavy atom. The van der Waals surface area contributed by atoms with Crippen LogP contribution in [0.4, 0.5) is 5.69 Å². The molecule has 1 aliphatic rings. The number of rotatable bonds is 9. The molecule has 8 heteroatoms. The Morgan fingerprint density at radius 3 is 2.83 bits per heavy atom. The molecule has 1 saturated heterocycles. The quantitative estimate of drug-likeness (QED) is 0.585. The second-order valence-electron chi connectivity index (χ2n) is 5.78. The average molecular weight is 356 g/mol. The highest BCUT2D eigenvalue weighted by Gasteiger charge is 2.20. The fourth-order valence-electron chi connectivity index (χ4n) is 2.52. The number of unbranched alkanes of at least 4 members (excludes halogenated alkanes) is 1. The summed E-state index contributed by atoms with van der Waals surface area (Å²) in [5.41, 5.74) is 0.330. The van der Waals surface area contributed by atoms with Crippen molar-refractivity contribution in [2.75, 3.05) is 25.0 Å². The molecule has 0 radical (unpaired) electrons. The van der Waals surface area contributed by atoms with Crippen LogP contribution in [0.15, 0.2) is 23.1 Å². The highest BCUT2D eigenvalue weighted by Crippen LogP contribution is 2.22. The number of anilines is 1. The largest absolute Gasteiger partial charge is 0.478 e. The summed E-state index contributed by atoms with van der Waals surface area (Å²) in [6, 6.07) is 4.10. The van der Waals surface area contributed by atoms with Crippen LogP contribution in [-0.2, 0) is 14.8 Å². The van der Waals surface area contributed by atoms with Crippen LogP contribution in [0.25, 0.3) is 0 Å². The molecule has 0 bridgehead atoms. The molecule has 1 aromatic rings. The smallest absolute Gasteiger partial charge is 0.337 e. The van der Waals surface area contributed by atoms with Crippen LogP contribution in [0.1, 0.15) is 43.0 Å². The van der Waals surface area contributed by atoms with Crippen LogP contribution in [0, 0.1) is 0 Å². The topological polar surface area (TPSA) is 105 Å². The third-order valence-electron chi connectivity index (χ3n) is 3.90. The Balaban J connectivity index is 2.14. The number of carboxylic acids is 1. The maximum Gasteiger partial charge on any atom is 0.337 e. The molecule has 0 saturated carbocycles. The van der Waals surface area contributed by atoms with Gasteiger partial charge in [0.05, 0.1) is 16.6 Å². The number of carboxylic acid groups (broad SMARTS) is 1. The molecule has 1 atom stereocenters. The van der Waals surface area contributed by atoms with Gasteiger partial charge < -0.3 is 15.2 Å². The van der Waals surface area contributed by atoms with Crippen molar-refractivity contribution in [1.29, 1.82) is 0 Å². The Kier molecular flexibility index (Phi) is 6.59. The summed E-state index contributed by atoms with van der Waals surface area (Å²) >= 11 is 0. The lowest BCUT2D eigenvalue weighted by Crippen LogP contribution is -2.25. The minimum atomic E-state index is -3.70. The summed E-state index contributed by atoms with van der Waals surface area (Å²) in [5.74, 6) is -1.17. The van der Waals surface area contributed by atoms with Gasteiger partial charge in [0.2, 0.25) is 10.0 Å². The van der Waals surface area contributed by atoms with Crippen LogP contribution >= 0.6 is 0 Å². The summed E-state index contributed by atoms with van der Waals surface area (Å²) < 4.78 is 32.4. The summed E-state index contributed by atoms with van der Waals surface area (Å²) in [5, 5.41) is 12.4. The first kappa shape index (κ1) is 18.7. The average Bonchev–Trinajstić information content (AvgIpc) is 3.06. The summed E-state index contributed by atoms with van der Waals surface area (Å²) in [4.78, 5) is 11.4. The van der Waals surface area contributed by atoms with Crippen LogP contribution in [0.5, 0.6) is 0 Å². The van der Waals surface area contributed by atoms with Crippen LogP contribution < -0.4 is 10.0 Å². The van der Waals surface area contributed by atoms with E-state index in [0.29, 0.717) is 18.8 Å². The van der Waals surface area contributed by atoms with Gasteiger partial charge in [0.25, 0.3) is 0 Å². The van der Waals surface area contributed by atoms with E-state index in [1.165, 1.54) is 18.2 Å². The molecule has 0 aromatic heterocycles. The summed E-state index contributed by atoms with van der Waals surface area (Å²) in [6.45, 7) is 3.52. The lowest BCUT2D eigenvalue weighted by Gasteiger charge is -2.15. The van der Waals surface area contributed by atoms with Crippen molar-refractivity contribution in [3.63, 3.8) is 0 Å². The molecule has 1 fully saturated rings. The number of hydrogen-bond acceptors (Lipinski definition) is 5. The van der Waals surface area contributed by atoms with E-state index in [1.807, 2.05) is 6.92 Å². The zero-order valence-electron chi connectivity index (χ0n) is 13.7. The van der Waals surface area contributed by atoms with E-state index in [4.69, 9.17) is 4.74 Å². The first-order valence-electron chi connectivity index (χ1n) is 8.16. The Labute approximate surface area is 142 Å². The number of aromatic carboxylic acids is 1. The van der Waals surface area contributed by atoms with Gasteiger partial charge in [-0.15, -0.1) is 0 Å². The maximum absolute atomic E-state index is 12.2. The van der Waals surface area contributed by atoms with E-state index in [-0.39, 0.29) is 16.6 Å². The molecule has 7 nitrogen and oxygen atoms in total. The molecule has 1 aliphatic heterocycles. The van der Waals surface area contributed by atoms with Gasteiger partial charge in [-0.2, -0.15) is 0 Å². The number of hydrogen-bond donors (Lipinski definition) is 3. The van der Waals surface area contributed by atoms with Crippen molar-refractivity contribution in [3.05, 3.63) is 23.8 Å². The molecule has 0 amide bonds. The summed E-state index contributed by atoms with van der Waals surface area (Å²) in [7, 11) is -3.70. The Bertz CT molecular complexity index is 669. The SMILES string of the molecule is CCCCNS(=O)(=O)c1ccc(NCC2CCCO2)c(C(=O)O)c1. The third-order valence-corrected chi connectivity index (χ3v) is 5.36. The zero-order chi connectivity index (χ0) is 17.6. The normalized spacial score (nSPS) is 17.8. The van der Waals surface area contributed by atoms with Gasteiger partial charge in [-0.3, -0.25) is 0 Å². The predicted octanol–water partition coefficient (Wildman–Crippen LogP) is 2.05. The first-order chi connectivity index (χ1) is 11.4. The van der Waals surface area contributed by atoms with Gasteiger partial charge in [-0.1, -0.05) is 13.3 Å². The molecule has 1 aromatic carbocycles. The van der Waals surface area contributed by atoms with E-state index < -0.39 is 16.0 Å². The minimum Gasteiger partial charge on any atom is -0.478 e. The Morgan fingerprint density at radius 2 is 2.21 bits per heavy atom. The van der Waals surface area contributed by atoms with E-state index in [0.717, 1.165) is 32.3 Å². The van der Waals surface area contributed by atoms with E-state index in [2.05, 4.69) is 10.0 Å². The van der Waals surface area contributed by atoms with Crippen molar-refractivity contribution in [2.24, 2.45) is 0 Å². The zero-order valence-corrected chi connectivity index (χ0v) is 14.6. The number of sulfonamides is 1. The van der Waals surface area contributed by atoms with Crippen molar-refractivity contribution in [2.45, 2.75) is 43.6 Å². The van der Waals surface area contributed by atoms with E-state index in [1.54, 1.807) is 0 Å². The first-order valence-corrected chi connectivity index (χ1v) is 9.65. The van der Waals surface area contributed by atoms with Gasteiger partial charge in [-0.25, -0.2) is 17.9 Å². The monoisotopic (exact) mass is 356 g/mol. The predicted molar refractivity (Wildman–Crippen MR) is 91.0 cm³/mol. The fraction of sp³-hybridized carbons (Fsp3) is 0.562. The van der Waals surface area contributed by atoms with Gasteiger partial charge in [0.1, 0.15) is 0 Å². The Hall–Kier alpha value is -1.64. The standard InChI is InChI=1S/C16H24N2O5S/c1-2-3-8-18-24(21,22)13-6-7-15(14(10-13)16(19)20)17-11-12-5-4-9-23-12/h6-7,10,12,17-18H,2-5,8-9,11H2,1H3,(H,19,20). The second-order valence-corrected chi connectivity index (χ2v) is 7.55. The van der Waals surface area contributed by atoms with Crippen LogP contribution in [0.3, 0.4) is 0 Å². The number of benzene rings is 1. The van der Waals surface area contributed by atoms with Gasteiger partial charge in [0.15, 0.2) is 0 Å². The van der Waals surface area contributed by atoms with Crippen molar-refractivity contribution < 1.29 is 23.1 Å². The highest BCUT2D eigenvalue weighted by atomic mass is 32.2. The highest BCUT2D eigenvalue weighted by molar-refractivity contribution is 7.89. The van der Waals surface area contributed by atoms with Crippen LogP contribution in [0.2, 0.25) is 0 Å². The molecule has 134 valence electrons. The molecule has 0 spiro atoms. The van der Waals surface area contributed by atoms with Crippen LogP contribution in [-0.4, -0.2) is 45.3 Å². The summed E-state index contributed by atoms with van der Waals surface area (Å²) in [6.07, 6.45) is 3.59. The molecule has 0 aliphatic carbocycles. The number of carbonyl (C=O) groups is 1. The van der Waals surface area contributed by atoms with Crippen molar-refractivity contribution in [3.8, 4) is 0 Å². The molecule has 3 N–H and O–H groups in total. The number of ether oxygens (including phenoxy) is 1. The number of nitrogens with one attached hydrogen (secondary N) is 2. The minimum absolute atomic E-state index is 0.0429. The van der Waals surface area contributed by atoms with Crippen molar-refractivity contribution in [1.82, 2.24) is 4.72 Å². The van der Waals surface area contributed by atoms with Crippen molar-refractivity contribution >= 4 is 21.7 Å². The molecular weight excluding hydrogens is 332 g/mol. The molecule has 2 rings (SSSR count). The molecule has 1 unspecified atom stereocenters. The van der Waals surface area contributed by atoms with E-state index in [9.17, 15) is 18.3 Å². The molecule has 1 heterocycles. The second kappa shape index (κ2) is 8.46. The fourth-order valence-corrected chi connectivity index (χ4v) is 3.62. The third kappa shape index (κ3) is 4.93. The van der Waals surface area contributed by atoms with Gasteiger partial charge in [0, 0.05) is 25.4 Å².